The van der Waals surface area contributed by atoms with Gasteiger partial charge < -0.3 is 14.6 Å². The molecule has 1 aromatic heterocycles. The van der Waals surface area contributed by atoms with Gasteiger partial charge in [0.1, 0.15) is 12.1 Å². The summed E-state index contributed by atoms with van der Waals surface area (Å²) in [5, 5.41) is 20.9. The highest BCUT2D eigenvalue weighted by atomic mass is 16.6. The average Bonchev–Trinajstić information content (AvgIpc) is 3.11. The summed E-state index contributed by atoms with van der Waals surface area (Å²) in [6, 6.07) is 6.14. The Morgan fingerprint density at radius 2 is 2.12 bits per heavy atom. The van der Waals surface area contributed by atoms with Crippen LogP contribution in [0.25, 0.3) is 10.9 Å². The minimum absolute atomic E-state index is 0.00415. The Kier molecular flexibility index (Phi) is 3.75. The van der Waals surface area contributed by atoms with Crippen molar-refractivity contribution in [2.75, 3.05) is 6.54 Å². The molecular weight excluding hydrogens is 314 g/mol. The van der Waals surface area contributed by atoms with E-state index < -0.39 is 16.4 Å². The molecule has 1 aliphatic heterocycles. The first-order valence-corrected chi connectivity index (χ1v) is 7.60. The number of likely N-dealkylation sites (tertiary alicyclic amines) is 1. The van der Waals surface area contributed by atoms with Crippen molar-refractivity contribution in [3.05, 3.63) is 40.6 Å². The van der Waals surface area contributed by atoms with Gasteiger partial charge in [-0.1, -0.05) is 0 Å². The van der Waals surface area contributed by atoms with Crippen molar-refractivity contribution in [2.45, 2.75) is 31.8 Å². The lowest BCUT2D eigenvalue weighted by Crippen LogP contribution is -2.51. The number of amides is 1. The molecule has 3 rings (SSSR count). The number of fused-ring (bicyclic) bond motifs is 1. The normalized spacial score (nSPS) is 20.5. The van der Waals surface area contributed by atoms with Gasteiger partial charge in [0.15, 0.2) is 0 Å². The summed E-state index contributed by atoms with van der Waals surface area (Å²) in [7, 11) is 0. The molecule has 2 heterocycles. The smallest absolute Gasteiger partial charge is 0.329 e. The number of aromatic nitrogens is 1. The van der Waals surface area contributed by atoms with E-state index in [0.29, 0.717) is 30.3 Å². The average molecular weight is 331 g/mol. The van der Waals surface area contributed by atoms with Crippen LogP contribution in [0.3, 0.4) is 0 Å². The number of carboxylic acid groups (broad SMARTS) is 1. The van der Waals surface area contributed by atoms with Gasteiger partial charge in [0, 0.05) is 35.8 Å². The molecule has 2 aromatic rings. The third-order valence-corrected chi connectivity index (χ3v) is 4.67. The lowest BCUT2D eigenvalue weighted by atomic mass is 9.99. The van der Waals surface area contributed by atoms with E-state index in [1.165, 1.54) is 17.0 Å². The number of nitro groups is 1. The number of benzene rings is 1. The molecule has 1 fully saturated rings. The molecule has 1 N–H and O–H groups in total. The predicted molar refractivity (Wildman–Crippen MR) is 85.6 cm³/mol. The van der Waals surface area contributed by atoms with Crippen LogP contribution in [0.4, 0.5) is 5.69 Å². The summed E-state index contributed by atoms with van der Waals surface area (Å²) in [6.45, 7) is 1.99. The quantitative estimate of drug-likeness (QED) is 0.681. The van der Waals surface area contributed by atoms with Crippen molar-refractivity contribution in [1.29, 1.82) is 0 Å². The summed E-state index contributed by atoms with van der Waals surface area (Å²) in [5.41, 5.74) is -0.478. The molecular formula is C16H17N3O5. The van der Waals surface area contributed by atoms with Crippen LogP contribution in [0.1, 0.15) is 19.8 Å². The van der Waals surface area contributed by atoms with E-state index in [9.17, 15) is 24.8 Å². The SMILES string of the molecule is CC1(C(=O)O)CCCN1C(=O)Cn1ccc2cc([N+](=O)[O-])ccc21. The molecule has 1 amide bonds. The number of non-ortho nitro benzene ring substituents is 1. The Hall–Kier alpha value is -2.90. The molecule has 1 atom stereocenters. The number of aliphatic carboxylic acids is 1. The highest BCUT2D eigenvalue weighted by Crippen LogP contribution is 2.30. The molecule has 126 valence electrons. The molecule has 1 aromatic carbocycles. The molecule has 0 saturated carbocycles. The second-order valence-corrected chi connectivity index (χ2v) is 6.17. The van der Waals surface area contributed by atoms with E-state index >= 15 is 0 Å². The molecule has 1 saturated heterocycles. The Morgan fingerprint density at radius 1 is 1.38 bits per heavy atom. The number of carbonyl (C=O) groups excluding carboxylic acids is 1. The number of hydrogen-bond donors (Lipinski definition) is 1. The van der Waals surface area contributed by atoms with Crippen LogP contribution in [0, 0.1) is 10.1 Å². The second-order valence-electron chi connectivity index (χ2n) is 6.17. The fraction of sp³-hybridized carbons (Fsp3) is 0.375. The maximum Gasteiger partial charge on any atom is 0.329 e. The van der Waals surface area contributed by atoms with Crippen LogP contribution < -0.4 is 0 Å². The minimum Gasteiger partial charge on any atom is -0.480 e. The van der Waals surface area contributed by atoms with Gasteiger partial charge in [-0.3, -0.25) is 14.9 Å². The molecule has 1 unspecified atom stereocenters. The van der Waals surface area contributed by atoms with Crippen LogP contribution in [0.2, 0.25) is 0 Å². The Balaban J connectivity index is 1.86. The number of carbonyl (C=O) groups is 2. The molecule has 8 nitrogen and oxygen atoms in total. The Morgan fingerprint density at radius 3 is 2.79 bits per heavy atom. The van der Waals surface area contributed by atoms with Gasteiger partial charge in [0.05, 0.1) is 4.92 Å². The van der Waals surface area contributed by atoms with Crippen LogP contribution in [0.15, 0.2) is 30.5 Å². The summed E-state index contributed by atoms with van der Waals surface area (Å²) >= 11 is 0. The van der Waals surface area contributed by atoms with E-state index in [4.69, 9.17) is 0 Å². The van der Waals surface area contributed by atoms with Crippen molar-refractivity contribution in [3.63, 3.8) is 0 Å². The molecule has 0 bridgehead atoms. The summed E-state index contributed by atoms with van der Waals surface area (Å²) in [6.07, 6.45) is 2.78. The van der Waals surface area contributed by atoms with Gasteiger partial charge in [0.25, 0.3) is 5.69 Å². The largest absolute Gasteiger partial charge is 0.480 e. The highest BCUT2D eigenvalue weighted by molar-refractivity contribution is 5.89. The second kappa shape index (κ2) is 5.63. The zero-order chi connectivity index (χ0) is 17.5. The standard InChI is InChI=1S/C16H17N3O5/c1-16(15(21)22)6-2-7-18(16)14(20)10-17-8-5-11-9-12(19(23)24)3-4-13(11)17/h3-5,8-9H,2,6-7,10H2,1H3,(H,21,22). The Labute approximate surface area is 137 Å². The maximum absolute atomic E-state index is 12.6. The number of nitrogens with zero attached hydrogens (tertiary/aromatic N) is 3. The van der Waals surface area contributed by atoms with Crippen LogP contribution in [0.5, 0.6) is 0 Å². The first kappa shape index (κ1) is 16.0. The monoisotopic (exact) mass is 331 g/mol. The summed E-state index contributed by atoms with van der Waals surface area (Å²) in [4.78, 5) is 35.8. The number of hydrogen-bond acceptors (Lipinski definition) is 4. The van der Waals surface area contributed by atoms with Crippen LogP contribution >= 0.6 is 0 Å². The maximum atomic E-state index is 12.6. The van der Waals surface area contributed by atoms with Crippen molar-refractivity contribution in [2.24, 2.45) is 0 Å². The molecule has 0 aliphatic carbocycles. The van der Waals surface area contributed by atoms with Gasteiger partial charge >= 0.3 is 5.97 Å². The number of nitro benzene ring substituents is 1. The van der Waals surface area contributed by atoms with E-state index in [1.54, 1.807) is 29.8 Å². The zero-order valence-electron chi connectivity index (χ0n) is 13.1. The number of rotatable bonds is 4. The van der Waals surface area contributed by atoms with Crippen molar-refractivity contribution in [1.82, 2.24) is 9.47 Å². The van der Waals surface area contributed by atoms with Gasteiger partial charge in [-0.15, -0.1) is 0 Å². The first-order chi connectivity index (χ1) is 11.3. The van der Waals surface area contributed by atoms with Crippen molar-refractivity contribution >= 4 is 28.5 Å². The fourth-order valence-electron chi connectivity index (χ4n) is 3.26. The zero-order valence-corrected chi connectivity index (χ0v) is 13.1. The van der Waals surface area contributed by atoms with Gasteiger partial charge in [-0.2, -0.15) is 0 Å². The summed E-state index contributed by atoms with van der Waals surface area (Å²) < 4.78 is 1.68. The molecule has 24 heavy (non-hydrogen) atoms. The molecule has 0 radical (unpaired) electrons. The van der Waals surface area contributed by atoms with Crippen LogP contribution in [-0.2, 0) is 16.1 Å². The number of carboxylic acids is 1. The van der Waals surface area contributed by atoms with E-state index in [1.807, 2.05) is 0 Å². The van der Waals surface area contributed by atoms with Gasteiger partial charge in [0.2, 0.25) is 5.91 Å². The topological polar surface area (TPSA) is 106 Å². The van der Waals surface area contributed by atoms with Crippen molar-refractivity contribution < 1.29 is 19.6 Å². The predicted octanol–water partition coefficient (Wildman–Crippen LogP) is 2.02. The van der Waals surface area contributed by atoms with Crippen molar-refractivity contribution in [3.8, 4) is 0 Å². The third-order valence-electron chi connectivity index (χ3n) is 4.67. The molecule has 8 heteroatoms. The van der Waals surface area contributed by atoms with Gasteiger partial charge in [-0.05, 0) is 31.9 Å². The Bertz CT molecular complexity index is 843. The lowest BCUT2D eigenvalue weighted by molar-refractivity contribution is -0.384. The van der Waals surface area contributed by atoms with Crippen LogP contribution in [-0.4, -0.2) is 43.5 Å². The summed E-state index contributed by atoms with van der Waals surface area (Å²) in [5.74, 6) is -1.27. The third kappa shape index (κ3) is 2.49. The highest BCUT2D eigenvalue weighted by Gasteiger charge is 2.45. The molecule has 1 aliphatic rings. The van der Waals surface area contributed by atoms with E-state index in [-0.39, 0.29) is 18.1 Å². The fourth-order valence-corrected chi connectivity index (χ4v) is 3.26. The van der Waals surface area contributed by atoms with E-state index in [2.05, 4.69) is 0 Å². The minimum atomic E-state index is -1.17. The van der Waals surface area contributed by atoms with Gasteiger partial charge in [-0.25, -0.2) is 4.79 Å². The lowest BCUT2D eigenvalue weighted by Gasteiger charge is -2.31. The molecule has 0 spiro atoms. The van der Waals surface area contributed by atoms with E-state index in [0.717, 1.165) is 0 Å². The first-order valence-electron chi connectivity index (χ1n) is 7.60.